The van der Waals surface area contributed by atoms with E-state index >= 15 is 0 Å². The molecule has 0 amide bonds. The molecule has 0 saturated carbocycles. The van der Waals surface area contributed by atoms with Gasteiger partial charge in [0.2, 0.25) is 0 Å². The molecule has 0 aliphatic rings. The Labute approximate surface area is 124 Å². The summed E-state index contributed by atoms with van der Waals surface area (Å²) >= 11 is 6.06. The minimum atomic E-state index is 0.161. The Kier molecular flexibility index (Phi) is 4.74. The highest BCUT2D eigenvalue weighted by Crippen LogP contribution is 2.26. The van der Waals surface area contributed by atoms with Gasteiger partial charge < -0.3 is 15.2 Å². The number of phenols is 1. The van der Waals surface area contributed by atoms with E-state index in [1.54, 1.807) is 18.2 Å². The molecule has 20 heavy (non-hydrogen) atoms. The van der Waals surface area contributed by atoms with Gasteiger partial charge in [-0.2, -0.15) is 0 Å². The van der Waals surface area contributed by atoms with Crippen molar-refractivity contribution in [2.24, 2.45) is 0 Å². The lowest BCUT2D eigenvalue weighted by atomic mass is 10.2. The molecular formula is C16H18ClNO2. The van der Waals surface area contributed by atoms with Gasteiger partial charge in [-0.25, -0.2) is 0 Å². The number of phenolic OH excluding ortho intramolecular Hbond substituents is 1. The minimum absolute atomic E-state index is 0.161. The van der Waals surface area contributed by atoms with Gasteiger partial charge >= 0.3 is 0 Å². The summed E-state index contributed by atoms with van der Waals surface area (Å²) in [5, 5.41) is 13.5. The summed E-state index contributed by atoms with van der Waals surface area (Å²) in [5.41, 5.74) is 1.64. The van der Waals surface area contributed by atoms with Crippen molar-refractivity contribution in [2.75, 3.05) is 5.32 Å². The zero-order valence-electron chi connectivity index (χ0n) is 11.6. The molecule has 0 spiro atoms. The average molecular weight is 292 g/mol. The van der Waals surface area contributed by atoms with Crippen LogP contribution < -0.4 is 10.1 Å². The lowest BCUT2D eigenvalue weighted by Crippen LogP contribution is -2.05. The van der Waals surface area contributed by atoms with Crippen LogP contribution in [0.1, 0.15) is 19.4 Å². The first-order valence-corrected chi connectivity index (χ1v) is 6.91. The van der Waals surface area contributed by atoms with E-state index in [2.05, 4.69) is 5.32 Å². The van der Waals surface area contributed by atoms with E-state index in [1.165, 1.54) is 0 Å². The molecule has 106 valence electrons. The van der Waals surface area contributed by atoms with E-state index in [-0.39, 0.29) is 11.9 Å². The third-order valence-electron chi connectivity index (χ3n) is 2.79. The van der Waals surface area contributed by atoms with Crippen LogP contribution in [0.5, 0.6) is 11.5 Å². The first kappa shape index (κ1) is 14.5. The number of hydrogen-bond donors (Lipinski definition) is 2. The lowest BCUT2D eigenvalue weighted by molar-refractivity contribution is 0.242. The van der Waals surface area contributed by atoms with Crippen LogP contribution in [-0.2, 0) is 6.54 Å². The molecule has 2 N–H and O–H groups in total. The Bertz CT molecular complexity index is 547. The molecular weight excluding hydrogens is 274 g/mol. The summed E-state index contributed by atoms with van der Waals surface area (Å²) in [6.07, 6.45) is 0.161. The van der Waals surface area contributed by atoms with Crippen molar-refractivity contribution in [3.8, 4) is 11.5 Å². The monoisotopic (exact) mass is 291 g/mol. The molecule has 0 unspecified atom stereocenters. The number of rotatable bonds is 5. The maximum absolute atomic E-state index is 9.77. The summed E-state index contributed by atoms with van der Waals surface area (Å²) < 4.78 is 5.58. The zero-order valence-corrected chi connectivity index (χ0v) is 12.3. The van der Waals surface area contributed by atoms with Crippen LogP contribution in [0.2, 0.25) is 5.02 Å². The lowest BCUT2D eigenvalue weighted by Gasteiger charge is -2.12. The highest BCUT2D eigenvalue weighted by atomic mass is 35.5. The third-order valence-corrected chi connectivity index (χ3v) is 3.14. The fourth-order valence-electron chi connectivity index (χ4n) is 1.84. The van der Waals surface area contributed by atoms with Gasteiger partial charge in [-0.05, 0) is 50.2 Å². The molecule has 0 aliphatic carbocycles. The van der Waals surface area contributed by atoms with Crippen molar-refractivity contribution < 1.29 is 9.84 Å². The molecule has 2 aromatic rings. The molecule has 0 bridgehead atoms. The van der Waals surface area contributed by atoms with Crippen LogP contribution in [0.25, 0.3) is 0 Å². The van der Waals surface area contributed by atoms with E-state index in [0.717, 1.165) is 11.4 Å². The zero-order chi connectivity index (χ0) is 14.5. The van der Waals surface area contributed by atoms with E-state index in [4.69, 9.17) is 16.3 Å². The highest BCUT2D eigenvalue weighted by molar-refractivity contribution is 6.31. The molecule has 0 radical (unpaired) electrons. The Hall–Kier alpha value is -1.87. The van der Waals surface area contributed by atoms with E-state index < -0.39 is 0 Å². The second-order valence-corrected chi connectivity index (χ2v) is 5.19. The quantitative estimate of drug-likeness (QED) is 0.855. The number of nitrogens with one attached hydrogen (secondary N) is 1. The average Bonchev–Trinajstić information content (AvgIpc) is 2.39. The van der Waals surface area contributed by atoms with Gasteiger partial charge in [-0.15, -0.1) is 0 Å². The van der Waals surface area contributed by atoms with Gasteiger partial charge in [0.25, 0.3) is 0 Å². The molecule has 0 heterocycles. The van der Waals surface area contributed by atoms with E-state index in [1.807, 2.05) is 38.1 Å². The largest absolute Gasteiger partial charge is 0.508 e. The maximum Gasteiger partial charge on any atom is 0.122 e. The summed E-state index contributed by atoms with van der Waals surface area (Å²) in [6, 6.07) is 12.8. The third kappa shape index (κ3) is 3.81. The number of anilines is 1. The Morgan fingerprint density at radius 2 is 1.85 bits per heavy atom. The SMILES string of the molecule is CC(C)Oc1ccc(NCc2c(O)cccc2Cl)cc1. The van der Waals surface area contributed by atoms with Crippen molar-refractivity contribution in [1.29, 1.82) is 0 Å². The molecule has 4 heteroatoms. The van der Waals surface area contributed by atoms with E-state index in [0.29, 0.717) is 17.1 Å². The standard InChI is InChI=1S/C16H18ClNO2/c1-11(2)20-13-8-6-12(7-9-13)18-10-14-15(17)4-3-5-16(14)19/h3-9,11,18-19H,10H2,1-2H3. The number of ether oxygens (including phenoxy) is 1. The highest BCUT2D eigenvalue weighted by Gasteiger charge is 2.05. The first-order chi connectivity index (χ1) is 9.56. The van der Waals surface area contributed by atoms with Crippen molar-refractivity contribution in [3.63, 3.8) is 0 Å². The van der Waals surface area contributed by atoms with Crippen molar-refractivity contribution in [1.82, 2.24) is 0 Å². The maximum atomic E-state index is 9.77. The van der Waals surface area contributed by atoms with Gasteiger partial charge in [-0.3, -0.25) is 0 Å². The van der Waals surface area contributed by atoms with E-state index in [9.17, 15) is 5.11 Å². The van der Waals surface area contributed by atoms with Gasteiger partial charge in [0, 0.05) is 22.8 Å². The van der Waals surface area contributed by atoms with Gasteiger partial charge in [-0.1, -0.05) is 17.7 Å². The van der Waals surface area contributed by atoms with Crippen LogP contribution >= 0.6 is 11.6 Å². The predicted octanol–water partition coefficient (Wildman–Crippen LogP) is 4.44. The number of aromatic hydroxyl groups is 1. The summed E-state index contributed by atoms with van der Waals surface area (Å²) in [6.45, 7) is 4.45. The molecule has 0 aliphatic heterocycles. The number of hydrogen-bond acceptors (Lipinski definition) is 3. The summed E-state index contributed by atoms with van der Waals surface area (Å²) in [5.74, 6) is 1.04. The van der Waals surface area contributed by atoms with Crippen LogP contribution in [0, 0.1) is 0 Å². The second-order valence-electron chi connectivity index (χ2n) is 4.78. The Morgan fingerprint density at radius 3 is 2.45 bits per heavy atom. The van der Waals surface area contributed by atoms with Crippen LogP contribution in [0.3, 0.4) is 0 Å². The van der Waals surface area contributed by atoms with Crippen molar-refractivity contribution in [3.05, 3.63) is 53.1 Å². The van der Waals surface area contributed by atoms with Gasteiger partial charge in [0.1, 0.15) is 11.5 Å². The normalized spacial score (nSPS) is 10.6. The summed E-state index contributed by atoms with van der Waals surface area (Å²) in [4.78, 5) is 0. The van der Waals surface area contributed by atoms with Gasteiger partial charge in [0.15, 0.2) is 0 Å². The molecule has 3 nitrogen and oxygen atoms in total. The fraction of sp³-hybridized carbons (Fsp3) is 0.250. The molecule has 0 atom stereocenters. The smallest absolute Gasteiger partial charge is 0.122 e. The molecule has 2 aromatic carbocycles. The molecule has 0 saturated heterocycles. The first-order valence-electron chi connectivity index (χ1n) is 6.53. The molecule has 2 rings (SSSR count). The van der Waals surface area contributed by atoms with Crippen molar-refractivity contribution in [2.45, 2.75) is 26.5 Å². The molecule has 0 fully saturated rings. The Balaban J connectivity index is 2.00. The number of benzene rings is 2. The fourth-order valence-corrected chi connectivity index (χ4v) is 2.07. The topological polar surface area (TPSA) is 41.5 Å². The number of halogens is 1. The minimum Gasteiger partial charge on any atom is -0.508 e. The molecule has 0 aromatic heterocycles. The van der Waals surface area contributed by atoms with Crippen LogP contribution in [-0.4, -0.2) is 11.2 Å². The van der Waals surface area contributed by atoms with Gasteiger partial charge in [0.05, 0.1) is 6.10 Å². The second kappa shape index (κ2) is 6.53. The van der Waals surface area contributed by atoms with Crippen molar-refractivity contribution >= 4 is 17.3 Å². The Morgan fingerprint density at radius 1 is 1.15 bits per heavy atom. The predicted molar refractivity (Wildman–Crippen MR) is 82.6 cm³/mol. The van der Waals surface area contributed by atoms with Crippen LogP contribution in [0.4, 0.5) is 5.69 Å². The van der Waals surface area contributed by atoms with Crippen LogP contribution in [0.15, 0.2) is 42.5 Å². The summed E-state index contributed by atoms with van der Waals surface area (Å²) in [7, 11) is 0.